The first-order valence-corrected chi connectivity index (χ1v) is 4.81. The fourth-order valence-corrected chi connectivity index (χ4v) is 1.42. The number of anilines is 1. The van der Waals surface area contributed by atoms with Gasteiger partial charge in [-0.05, 0) is 24.6 Å². The van der Waals surface area contributed by atoms with Gasteiger partial charge in [-0.25, -0.2) is 0 Å². The number of hydrogen-bond donors (Lipinski definition) is 0. The van der Waals surface area contributed by atoms with E-state index in [4.69, 9.17) is 0 Å². The zero-order valence-electron chi connectivity index (χ0n) is 8.74. The highest BCUT2D eigenvalue weighted by atomic mass is 15.1. The highest BCUT2D eigenvalue weighted by molar-refractivity contribution is 5.49. The van der Waals surface area contributed by atoms with E-state index in [1.807, 2.05) is 12.2 Å². The molecule has 1 heteroatoms. The maximum Gasteiger partial charge on any atom is 0.0374 e. The smallest absolute Gasteiger partial charge is 0.0374 e. The van der Waals surface area contributed by atoms with Gasteiger partial charge in [-0.1, -0.05) is 24.3 Å². The molecule has 0 saturated carbocycles. The van der Waals surface area contributed by atoms with E-state index in [1.165, 1.54) is 11.3 Å². The van der Waals surface area contributed by atoms with Crippen LogP contribution in [0.1, 0.15) is 5.56 Å². The molecular formula is C13H17N. The van der Waals surface area contributed by atoms with Crippen LogP contribution in [0.25, 0.3) is 0 Å². The molecule has 0 unspecified atom stereocenters. The molecule has 0 N–H and O–H groups in total. The average Bonchev–Trinajstić information content (AvgIpc) is 2.17. The molecule has 74 valence electrons. The van der Waals surface area contributed by atoms with E-state index in [2.05, 4.69) is 49.2 Å². The molecule has 0 radical (unpaired) electrons. The van der Waals surface area contributed by atoms with Gasteiger partial charge in [0.25, 0.3) is 0 Å². The summed E-state index contributed by atoms with van der Waals surface area (Å²) in [6.45, 7) is 11.3. The zero-order chi connectivity index (χ0) is 10.4. The SMILES string of the molecule is C=CCN(CC=C)c1cccc(C)c1. The lowest BCUT2D eigenvalue weighted by Crippen LogP contribution is -2.22. The Labute approximate surface area is 86.4 Å². The van der Waals surface area contributed by atoms with Crippen LogP contribution in [0.2, 0.25) is 0 Å². The van der Waals surface area contributed by atoms with Crippen molar-refractivity contribution in [2.45, 2.75) is 6.92 Å². The van der Waals surface area contributed by atoms with Gasteiger partial charge in [-0.15, -0.1) is 13.2 Å². The van der Waals surface area contributed by atoms with Crippen LogP contribution in [0.4, 0.5) is 5.69 Å². The third-order valence-corrected chi connectivity index (χ3v) is 2.07. The van der Waals surface area contributed by atoms with Gasteiger partial charge >= 0.3 is 0 Å². The fourth-order valence-electron chi connectivity index (χ4n) is 1.42. The minimum atomic E-state index is 0.857. The lowest BCUT2D eigenvalue weighted by molar-refractivity contribution is 0.955. The minimum absolute atomic E-state index is 0.857. The summed E-state index contributed by atoms with van der Waals surface area (Å²) in [6.07, 6.45) is 3.82. The second kappa shape index (κ2) is 5.28. The molecule has 0 aliphatic rings. The highest BCUT2D eigenvalue weighted by Gasteiger charge is 2.01. The molecule has 0 aromatic heterocycles. The molecule has 0 spiro atoms. The van der Waals surface area contributed by atoms with Gasteiger partial charge in [0.05, 0.1) is 0 Å². The lowest BCUT2D eigenvalue weighted by atomic mass is 10.2. The van der Waals surface area contributed by atoms with E-state index in [9.17, 15) is 0 Å². The van der Waals surface area contributed by atoms with Crippen molar-refractivity contribution in [1.82, 2.24) is 0 Å². The van der Waals surface area contributed by atoms with E-state index < -0.39 is 0 Å². The van der Waals surface area contributed by atoms with Crippen LogP contribution in [-0.2, 0) is 0 Å². The van der Waals surface area contributed by atoms with E-state index in [0.717, 1.165) is 13.1 Å². The van der Waals surface area contributed by atoms with Crippen LogP contribution in [0.15, 0.2) is 49.6 Å². The standard InChI is InChI=1S/C13H17N/c1-4-9-14(10-5-2)13-8-6-7-12(3)11-13/h4-8,11H,1-2,9-10H2,3H3. The van der Waals surface area contributed by atoms with Crippen LogP contribution >= 0.6 is 0 Å². The van der Waals surface area contributed by atoms with Gasteiger partial charge in [0.2, 0.25) is 0 Å². The van der Waals surface area contributed by atoms with Crippen molar-refractivity contribution in [3.8, 4) is 0 Å². The summed E-state index contributed by atoms with van der Waals surface area (Å²) in [4.78, 5) is 2.23. The maximum atomic E-state index is 3.75. The van der Waals surface area contributed by atoms with E-state index >= 15 is 0 Å². The molecule has 0 saturated heterocycles. The molecular weight excluding hydrogens is 170 g/mol. The number of hydrogen-bond acceptors (Lipinski definition) is 1. The van der Waals surface area contributed by atoms with Crippen molar-refractivity contribution in [2.24, 2.45) is 0 Å². The van der Waals surface area contributed by atoms with Crippen molar-refractivity contribution in [2.75, 3.05) is 18.0 Å². The Morgan fingerprint density at radius 2 is 1.86 bits per heavy atom. The molecule has 0 aliphatic heterocycles. The van der Waals surface area contributed by atoms with E-state index in [-0.39, 0.29) is 0 Å². The Hall–Kier alpha value is -1.50. The first-order valence-electron chi connectivity index (χ1n) is 4.81. The molecule has 1 aromatic rings. The summed E-state index contributed by atoms with van der Waals surface area (Å²) in [5, 5.41) is 0. The molecule has 0 amide bonds. The Morgan fingerprint density at radius 3 is 2.36 bits per heavy atom. The van der Waals surface area contributed by atoms with Crippen LogP contribution < -0.4 is 4.90 Å². The maximum absolute atomic E-state index is 3.75. The third-order valence-electron chi connectivity index (χ3n) is 2.07. The van der Waals surface area contributed by atoms with Crippen molar-refractivity contribution >= 4 is 5.69 Å². The van der Waals surface area contributed by atoms with Crippen molar-refractivity contribution < 1.29 is 0 Å². The lowest BCUT2D eigenvalue weighted by Gasteiger charge is -2.21. The molecule has 1 nitrogen and oxygen atoms in total. The first-order chi connectivity index (χ1) is 6.77. The highest BCUT2D eigenvalue weighted by Crippen LogP contribution is 2.15. The van der Waals surface area contributed by atoms with Gasteiger partial charge < -0.3 is 4.90 Å². The van der Waals surface area contributed by atoms with Gasteiger partial charge in [0.15, 0.2) is 0 Å². The van der Waals surface area contributed by atoms with Crippen molar-refractivity contribution in [3.63, 3.8) is 0 Å². The second-order valence-corrected chi connectivity index (χ2v) is 3.32. The van der Waals surface area contributed by atoms with Crippen LogP contribution in [0.3, 0.4) is 0 Å². The second-order valence-electron chi connectivity index (χ2n) is 3.32. The van der Waals surface area contributed by atoms with Crippen LogP contribution in [0, 0.1) is 6.92 Å². The first kappa shape index (κ1) is 10.6. The number of nitrogens with zero attached hydrogens (tertiary/aromatic N) is 1. The molecule has 0 atom stereocenters. The quantitative estimate of drug-likeness (QED) is 0.640. The Morgan fingerprint density at radius 1 is 1.21 bits per heavy atom. The van der Waals surface area contributed by atoms with Gasteiger partial charge in [-0.3, -0.25) is 0 Å². The van der Waals surface area contributed by atoms with Gasteiger partial charge in [0, 0.05) is 18.8 Å². The monoisotopic (exact) mass is 187 g/mol. The zero-order valence-corrected chi connectivity index (χ0v) is 8.74. The topological polar surface area (TPSA) is 3.24 Å². The van der Waals surface area contributed by atoms with E-state index in [0.29, 0.717) is 0 Å². The van der Waals surface area contributed by atoms with Gasteiger partial charge in [-0.2, -0.15) is 0 Å². The Bertz CT molecular complexity index is 305. The van der Waals surface area contributed by atoms with E-state index in [1.54, 1.807) is 0 Å². The third kappa shape index (κ3) is 2.77. The predicted octanol–water partition coefficient (Wildman–Crippen LogP) is 3.17. The number of rotatable bonds is 5. The summed E-state index contributed by atoms with van der Waals surface area (Å²) in [7, 11) is 0. The van der Waals surface area contributed by atoms with Crippen LogP contribution in [-0.4, -0.2) is 13.1 Å². The molecule has 0 bridgehead atoms. The Balaban J connectivity index is 2.85. The molecule has 0 aliphatic carbocycles. The molecule has 0 heterocycles. The minimum Gasteiger partial charge on any atom is -0.364 e. The summed E-state index contributed by atoms with van der Waals surface area (Å²) in [5.74, 6) is 0. The van der Waals surface area contributed by atoms with Crippen molar-refractivity contribution in [3.05, 3.63) is 55.1 Å². The summed E-state index contributed by atoms with van der Waals surface area (Å²) in [6, 6.07) is 8.46. The Kier molecular flexibility index (Phi) is 3.99. The average molecular weight is 187 g/mol. The fraction of sp³-hybridized carbons (Fsp3) is 0.231. The van der Waals surface area contributed by atoms with Crippen LogP contribution in [0.5, 0.6) is 0 Å². The molecule has 1 aromatic carbocycles. The normalized spacial score (nSPS) is 9.50. The summed E-state index contributed by atoms with van der Waals surface area (Å²) >= 11 is 0. The number of aryl methyl sites for hydroxylation is 1. The molecule has 0 fully saturated rings. The number of benzene rings is 1. The summed E-state index contributed by atoms with van der Waals surface area (Å²) in [5.41, 5.74) is 2.51. The predicted molar refractivity (Wildman–Crippen MR) is 63.8 cm³/mol. The van der Waals surface area contributed by atoms with Gasteiger partial charge in [0.1, 0.15) is 0 Å². The van der Waals surface area contributed by atoms with Crippen molar-refractivity contribution in [1.29, 1.82) is 0 Å². The summed E-state index contributed by atoms with van der Waals surface area (Å²) < 4.78 is 0. The largest absolute Gasteiger partial charge is 0.364 e. The molecule has 14 heavy (non-hydrogen) atoms. The molecule has 1 rings (SSSR count).